The van der Waals surface area contributed by atoms with E-state index in [9.17, 15) is 0 Å². The molecule has 1 aromatic rings. The van der Waals surface area contributed by atoms with E-state index in [1.165, 1.54) is 0 Å². The molecule has 0 spiro atoms. The van der Waals surface area contributed by atoms with Gasteiger partial charge in [-0.05, 0) is 67.5 Å². The molecule has 0 aliphatic heterocycles. The molecule has 0 atom stereocenters. The summed E-state index contributed by atoms with van der Waals surface area (Å²) in [6.07, 6.45) is 4.17. The summed E-state index contributed by atoms with van der Waals surface area (Å²) in [7, 11) is 0. The van der Waals surface area contributed by atoms with Gasteiger partial charge < -0.3 is 4.74 Å². The Balaban J connectivity index is 2.39. The zero-order valence-corrected chi connectivity index (χ0v) is 15.5. The highest BCUT2D eigenvalue weighted by Gasteiger charge is 2.43. The number of hydrogen-bond acceptors (Lipinski definition) is 3. The standard InChI is InChI=1S/C15H22ClIN2O/c1-5-20-15(8-6-14(3,4)7-9-15)13-18-10(2)11(17)12(16)19-13/h5-9H2,1-4H3. The summed E-state index contributed by atoms with van der Waals surface area (Å²) in [6.45, 7) is 9.31. The highest BCUT2D eigenvalue weighted by atomic mass is 127. The van der Waals surface area contributed by atoms with Crippen LogP contribution in [0.1, 0.15) is 58.0 Å². The summed E-state index contributed by atoms with van der Waals surface area (Å²) < 4.78 is 7.04. The van der Waals surface area contributed by atoms with Crippen LogP contribution >= 0.6 is 34.2 Å². The summed E-state index contributed by atoms with van der Waals surface area (Å²) in [5.41, 5.74) is 0.954. The zero-order valence-electron chi connectivity index (χ0n) is 12.6. The molecule has 20 heavy (non-hydrogen) atoms. The average molecular weight is 409 g/mol. The maximum Gasteiger partial charge on any atom is 0.162 e. The Morgan fingerprint density at radius 1 is 1.20 bits per heavy atom. The number of rotatable bonds is 3. The number of ether oxygens (including phenoxy) is 1. The Kier molecular flexibility index (Phi) is 4.97. The number of aryl methyl sites for hydroxylation is 1. The van der Waals surface area contributed by atoms with Gasteiger partial charge in [0.25, 0.3) is 0 Å². The minimum absolute atomic E-state index is 0.358. The maximum absolute atomic E-state index is 6.24. The molecule has 1 aliphatic carbocycles. The Hall–Kier alpha value is 0.0600. The number of halogens is 2. The van der Waals surface area contributed by atoms with Crippen LogP contribution in [0, 0.1) is 15.9 Å². The lowest BCUT2D eigenvalue weighted by atomic mass is 9.70. The molecule has 1 fully saturated rings. The molecular weight excluding hydrogens is 387 g/mol. The van der Waals surface area contributed by atoms with Crippen LogP contribution in [-0.4, -0.2) is 16.6 Å². The van der Waals surface area contributed by atoms with Crippen molar-refractivity contribution in [2.75, 3.05) is 6.61 Å². The molecular formula is C15H22ClIN2O. The Morgan fingerprint density at radius 2 is 1.80 bits per heavy atom. The molecule has 3 nitrogen and oxygen atoms in total. The molecule has 1 aliphatic rings. The third-order valence-corrected chi connectivity index (χ3v) is 6.10. The summed E-state index contributed by atoms with van der Waals surface area (Å²) in [5.74, 6) is 0.762. The van der Waals surface area contributed by atoms with Crippen LogP contribution in [0.2, 0.25) is 5.15 Å². The van der Waals surface area contributed by atoms with Crippen molar-refractivity contribution in [2.24, 2.45) is 5.41 Å². The van der Waals surface area contributed by atoms with E-state index in [2.05, 4.69) is 46.4 Å². The van der Waals surface area contributed by atoms with Crippen molar-refractivity contribution in [3.63, 3.8) is 0 Å². The van der Waals surface area contributed by atoms with Gasteiger partial charge in [0.2, 0.25) is 0 Å². The third kappa shape index (κ3) is 3.28. The van der Waals surface area contributed by atoms with Gasteiger partial charge >= 0.3 is 0 Å². The van der Waals surface area contributed by atoms with E-state index >= 15 is 0 Å². The highest BCUT2D eigenvalue weighted by molar-refractivity contribution is 14.1. The smallest absolute Gasteiger partial charge is 0.162 e. The summed E-state index contributed by atoms with van der Waals surface area (Å²) in [6, 6.07) is 0. The Bertz CT molecular complexity index is 472. The predicted molar refractivity (Wildman–Crippen MR) is 90.0 cm³/mol. The van der Waals surface area contributed by atoms with Gasteiger partial charge in [-0.1, -0.05) is 25.4 Å². The number of nitrogens with zero attached hydrogens (tertiary/aromatic N) is 2. The second-order valence-electron chi connectivity index (χ2n) is 6.33. The van der Waals surface area contributed by atoms with Gasteiger partial charge in [0, 0.05) is 6.61 Å². The van der Waals surface area contributed by atoms with Crippen LogP contribution in [0.3, 0.4) is 0 Å². The average Bonchev–Trinajstić information content (AvgIpc) is 2.38. The van der Waals surface area contributed by atoms with Crippen molar-refractivity contribution < 1.29 is 4.74 Å². The van der Waals surface area contributed by atoms with Crippen LogP contribution in [0.15, 0.2) is 0 Å². The van der Waals surface area contributed by atoms with Crippen LogP contribution in [-0.2, 0) is 10.3 Å². The first-order valence-electron chi connectivity index (χ1n) is 7.14. The highest BCUT2D eigenvalue weighted by Crippen LogP contribution is 2.46. The quantitative estimate of drug-likeness (QED) is 0.528. The largest absolute Gasteiger partial charge is 0.367 e. The predicted octanol–water partition coefficient (Wildman–Crippen LogP) is 4.88. The molecule has 0 amide bonds. The SMILES string of the molecule is CCOC1(c2nc(C)c(I)c(Cl)n2)CCC(C)(C)CC1. The first-order chi connectivity index (χ1) is 9.30. The molecule has 1 saturated carbocycles. The van der Waals surface area contributed by atoms with Crippen LogP contribution in [0.4, 0.5) is 0 Å². The van der Waals surface area contributed by atoms with Gasteiger partial charge in [-0.15, -0.1) is 0 Å². The second kappa shape index (κ2) is 6.05. The first kappa shape index (κ1) is 16.4. The topological polar surface area (TPSA) is 35.0 Å². The molecule has 1 heterocycles. The van der Waals surface area contributed by atoms with E-state index in [0.29, 0.717) is 17.2 Å². The van der Waals surface area contributed by atoms with E-state index in [-0.39, 0.29) is 5.60 Å². The third-order valence-electron chi connectivity index (χ3n) is 4.22. The fourth-order valence-corrected chi connectivity index (χ4v) is 3.23. The molecule has 112 valence electrons. The van der Waals surface area contributed by atoms with Gasteiger partial charge in [0.1, 0.15) is 10.8 Å². The van der Waals surface area contributed by atoms with Crippen molar-refractivity contribution in [3.8, 4) is 0 Å². The van der Waals surface area contributed by atoms with Gasteiger partial charge in [0.05, 0.1) is 9.26 Å². The fraction of sp³-hybridized carbons (Fsp3) is 0.733. The minimum Gasteiger partial charge on any atom is -0.367 e. The van der Waals surface area contributed by atoms with Gasteiger partial charge in [-0.25, -0.2) is 9.97 Å². The molecule has 0 N–H and O–H groups in total. The first-order valence-corrected chi connectivity index (χ1v) is 8.59. The molecule has 0 unspecified atom stereocenters. The van der Waals surface area contributed by atoms with Gasteiger partial charge in [0.15, 0.2) is 5.82 Å². The van der Waals surface area contributed by atoms with Gasteiger partial charge in [-0.2, -0.15) is 0 Å². The number of hydrogen-bond donors (Lipinski definition) is 0. The molecule has 0 radical (unpaired) electrons. The second-order valence-corrected chi connectivity index (χ2v) is 7.77. The Morgan fingerprint density at radius 3 is 2.30 bits per heavy atom. The lowest BCUT2D eigenvalue weighted by molar-refractivity contribution is -0.0949. The monoisotopic (exact) mass is 408 g/mol. The normalized spacial score (nSPS) is 20.9. The molecule has 1 aromatic heterocycles. The molecule has 0 saturated heterocycles. The zero-order chi connectivity index (χ0) is 15.0. The van der Waals surface area contributed by atoms with Crippen LogP contribution in [0.5, 0.6) is 0 Å². The van der Waals surface area contributed by atoms with E-state index in [4.69, 9.17) is 16.3 Å². The van der Waals surface area contributed by atoms with Crippen LogP contribution in [0.25, 0.3) is 0 Å². The number of aromatic nitrogens is 2. The molecule has 0 aromatic carbocycles. The molecule has 0 bridgehead atoms. The molecule has 2 rings (SSSR count). The van der Waals surface area contributed by atoms with E-state index in [0.717, 1.165) is 40.8 Å². The minimum atomic E-state index is -0.358. The van der Waals surface area contributed by atoms with Crippen LogP contribution < -0.4 is 0 Å². The van der Waals surface area contributed by atoms with E-state index in [1.54, 1.807) is 0 Å². The van der Waals surface area contributed by atoms with E-state index in [1.807, 2.05) is 13.8 Å². The van der Waals surface area contributed by atoms with Crippen molar-refractivity contribution >= 4 is 34.2 Å². The lowest BCUT2D eigenvalue weighted by Crippen LogP contribution is -2.39. The van der Waals surface area contributed by atoms with Crippen molar-refractivity contribution in [2.45, 2.75) is 59.0 Å². The maximum atomic E-state index is 6.24. The van der Waals surface area contributed by atoms with Crippen molar-refractivity contribution in [3.05, 3.63) is 20.2 Å². The summed E-state index contributed by atoms with van der Waals surface area (Å²) in [5, 5.41) is 0.539. The lowest BCUT2D eigenvalue weighted by Gasteiger charge is -2.42. The van der Waals surface area contributed by atoms with E-state index < -0.39 is 0 Å². The summed E-state index contributed by atoms with van der Waals surface area (Å²) >= 11 is 8.43. The van der Waals surface area contributed by atoms with Crippen molar-refractivity contribution in [1.29, 1.82) is 0 Å². The Labute approximate surface area is 140 Å². The van der Waals surface area contributed by atoms with Gasteiger partial charge in [-0.3, -0.25) is 0 Å². The fourth-order valence-electron chi connectivity index (χ4n) is 2.77. The molecule has 5 heteroatoms. The summed E-state index contributed by atoms with van der Waals surface area (Å²) in [4.78, 5) is 9.19. The van der Waals surface area contributed by atoms with Crippen molar-refractivity contribution in [1.82, 2.24) is 9.97 Å².